The first kappa shape index (κ1) is 22.9. The van der Waals surface area contributed by atoms with E-state index in [-0.39, 0.29) is 15.6 Å². The van der Waals surface area contributed by atoms with Gasteiger partial charge in [0.15, 0.2) is 5.84 Å². The van der Waals surface area contributed by atoms with Gasteiger partial charge in [0.1, 0.15) is 0 Å². The minimum absolute atomic E-state index is 0.0154. The van der Waals surface area contributed by atoms with Gasteiger partial charge >= 0.3 is 0 Å². The first-order valence-electron chi connectivity index (χ1n) is 9.67. The average Bonchev–Trinajstić information content (AvgIpc) is 2.82. The standard InChI is InChI=1S/C23H18ClN3O4S2/c24-20-11-14-21(15-12-20)32(28,29)26-23(18-7-2-1-3-8-18)25-27-33(30,31)22-13-10-17-6-4-5-9-19(17)16-22/h1-16,27H,(H,25,26). The Bertz CT molecular complexity index is 1540. The van der Waals surface area contributed by atoms with Crippen LogP contribution in [0.3, 0.4) is 0 Å². The first-order chi connectivity index (χ1) is 15.7. The third-order valence-electron chi connectivity index (χ3n) is 4.71. The first-order valence-corrected chi connectivity index (χ1v) is 13.0. The van der Waals surface area contributed by atoms with Gasteiger partial charge in [0.2, 0.25) is 0 Å². The van der Waals surface area contributed by atoms with Gasteiger partial charge in [0, 0.05) is 10.6 Å². The molecule has 0 aliphatic carbocycles. The van der Waals surface area contributed by atoms with Crippen molar-refractivity contribution < 1.29 is 16.8 Å². The van der Waals surface area contributed by atoms with E-state index in [2.05, 4.69) is 14.7 Å². The van der Waals surface area contributed by atoms with Crippen LogP contribution in [0.1, 0.15) is 5.56 Å². The fourth-order valence-corrected chi connectivity index (χ4v) is 5.01. The monoisotopic (exact) mass is 499 g/mol. The van der Waals surface area contributed by atoms with Crippen molar-refractivity contribution in [3.63, 3.8) is 0 Å². The zero-order valence-electron chi connectivity index (χ0n) is 17.0. The molecule has 4 rings (SSSR count). The Morgan fingerprint density at radius 3 is 2.00 bits per heavy atom. The van der Waals surface area contributed by atoms with E-state index in [0.717, 1.165) is 10.8 Å². The molecule has 0 aromatic heterocycles. The van der Waals surface area contributed by atoms with Crippen molar-refractivity contribution in [2.45, 2.75) is 9.79 Å². The van der Waals surface area contributed by atoms with Crippen LogP contribution in [0.2, 0.25) is 5.02 Å². The summed E-state index contributed by atoms with van der Waals surface area (Å²) in [6, 6.07) is 25.9. The number of amidine groups is 1. The van der Waals surface area contributed by atoms with Gasteiger partial charge in [-0.2, -0.15) is 8.42 Å². The number of benzene rings is 4. The Kier molecular flexibility index (Phi) is 6.48. The SMILES string of the molecule is O=S(=O)(/N=C(\NNS(=O)(=O)c1ccc2ccccc2c1)c1ccccc1)c1ccc(Cl)cc1. The molecule has 0 bridgehead atoms. The quantitative estimate of drug-likeness (QED) is 0.236. The Balaban J connectivity index is 1.67. The van der Waals surface area contributed by atoms with Gasteiger partial charge in [0.05, 0.1) is 9.79 Å². The number of fused-ring (bicyclic) bond motifs is 1. The molecule has 0 spiro atoms. The van der Waals surface area contributed by atoms with Crippen LogP contribution in [0, 0.1) is 0 Å². The minimum atomic E-state index is -4.15. The van der Waals surface area contributed by atoms with E-state index < -0.39 is 20.0 Å². The van der Waals surface area contributed by atoms with Crippen LogP contribution in [0.5, 0.6) is 0 Å². The van der Waals surface area contributed by atoms with Crippen molar-refractivity contribution in [2.75, 3.05) is 0 Å². The number of hydrogen-bond acceptors (Lipinski definition) is 4. The van der Waals surface area contributed by atoms with Gasteiger partial charge < -0.3 is 0 Å². The van der Waals surface area contributed by atoms with Crippen LogP contribution in [0.15, 0.2) is 111 Å². The smallest absolute Gasteiger partial charge is 0.284 e. The highest BCUT2D eigenvalue weighted by molar-refractivity contribution is 7.90. The summed E-state index contributed by atoms with van der Waals surface area (Å²) in [5.41, 5.74) is 2.84. The second-order valence-corrected chi connectivity index (χ2v) is 10.7. The molecule has 0 atom stereocenters. The van der Waals surface area contributed by atoms with Gasteiger partial charge in [-0.15, -0.1) is 9.23 Å². The topological polar surface area (TPSA) is 105 Å². The Hall–Kier alpha value is -3.24. The second kappa shape index (κ2) is 9.32. The highest BCUT2D eigenvalue weighted by atomic mass is 35.5. The number of hydrazine groups is 1. The maximum atomic E-state index is 12.9. The van der Waals surface area contributed by atoms with Crippen molar-refractivity contribution in [3.8, 4) is 0 Å². The number of nitrogens with one attached hydrogen (secondary N) is 2. The zero-order chi connectivity index (χ0) is 23.5. The summed E-state index contributed by atoms with van der Waals surface area (Å²) in [6.07, 6.45) is 0. The van der Waals surface area contributed by atoms with Gasteiger partial charge in [-0.3, -0.25) is 5.43 Å². The van der Waals surface area contributed by atoms with Crippen molar-refractivity contribution in [2.24, 2.45) is 4.40 Å². The predicted molar refractivity (Wildman–Crippen MR) is 129 cm³/mol. The molecule has 0 unspecified atom stereocenters. The molecule has 0 fully saturated rings. The van der Waals surface area contributed by atoms with E-state index in [0.29, 0.717) is 10.6 Å². The molecule has 0 amide bonds. The molecule has 33 heavy (non-hydrogen) atoms. The number of halogens is 1. The highest BCUT2D eigenvalue weighted by Gasteiger charge is 2.19. The lowest BCUT2D eigenvalue weighted by atomic mass is 10.1. The average molecular weight is 500 g/mol. The normalized spacial score (nSPS) is 12.6. The summed E-state index contributed by atoms with van der Waals surface area (Å²) in [5, 5.41) is 2.02. The van der Waals surface area contributed by atoms with Crippen molar-refractivity contribution >= 4 is 48.3 Å². The number of hydrogen-bond donors (Lipinski definition) is 2. The lowest BCUT2D eigenvalue weighted by molar-refractivity contribution is 0.576. The fourth-order valence-electron chi connectivity index (χ4n) is 3.03. The largest absolute Gasteiger partial charge is 0.291 e. The van der Waals surface area contributed by atoms with Crippen LogP contribution in [0.25, 0.3) is 10.8 Å². The van der Waals surface area contributed by atoms with Gasteiger partial charge in [-0.25, -0.2) is 8.42 Å². The van der Waals surface area contributed by atoms with Crippen molar-refractivity contribution in [1.29, 1.82) is 0 Å². The summed E-state index contributed by atoms with van der Waals surface area (Å²) < 4.78 is 55.3. The lowest BCUT2D eigenvalue weighted by Crippen LogP contribution is -2.42. The van der Waals surface area contributed by atoms with E-state index in [4.69, 9.17) is 11.6 Å². The molecule has 10 heteroatoms. The second-order valence-electron chi connectivity index (χ2n) is 6.97. The van der Waals surface area contributed by atoms with E-state index in [1.54, 1.807) is 42.5 Å². The van der Waals surface area contributed by atoms with Gasteiger partial charge in [0.25, 0.3) is 20.0 Å². The molecule has 168 valence electrons. The summed E-state index contributed by atoms with van der Waals surface area (Å²) in [4.78, 5) is 2.16. The van der Waals surface area contributed by atoms with E-state index in [1.807, 2.05) is 18.2 Å². The molecule has 7 nitrogen and oxygen atoms in total. The Morgan fingerprint density at radius 1 is 0.697 bits per heavy atom. The van der Waals surface area contributed by atoms with Crippen molar-refractivity contribution in [1.82, 2.24) is 10.3 Å². The lowest BCUT2D eigenvalue weighted by Gasteiger charge is -2.13. The molecule has 0 aliphatic rings. The summed E-state index contributed by atoms with van der Waals surface area (Å²) in [7, 11) is -8.19. The Labute approximate surface area is 196 Å². The van der Waals surface area contributed by atoms with Crippen molar-refractivity contribution in [3.05, 3.63) is 108 Å². The predicted octanol–water partition coefficient (Wildman–Crippen LogP) is 4.11. The highest BCUT2D eigenvalue weighted by Crippen LogP contribution is 2.19. The molecule has 0 radical (unpaired) electrons. The van der Waals surface area contributed by atoms with Crippen LogP contribution < -0.4 is 10.3 Å². The summed E-state index contributed by atoms with van der Waals surface area (Å²) >= 11 is 5.84. The van der Waals surface area contributed by atoms with Gasteiger partial charge in [-0.1, -0.05) is 72.3 Å². The molecule has 4 aromatic rings. The maximum absolute atomic E-state index is 12.9. The van der Waals surface area contributed by atoms with Crippen LogP contribution in [-0.2, 0) is 20.0 Å². The van der Waals surface area contributed by atoms with Crippen LogP contribution in [0.4, 0.5) is 0 Å². The third kappa shape index (κ3) is 5.40. The van der Waals surface area contributed by atoms with Gasteiger partial charge in [-0.05, 0) is 47.2 Å². The molecule has 0 saturated carbocycles. The molecule has 0 saturated heterocycles. The number of nitrogens with zero attached hydrogens (tertiary/aromatic N) is 1. The zero-order valence-corrected chi connectivity index (χ0v) is 19.4. The molecular weight excluding hydrogens is 482 g/mol. The molecular formula is C23H18ClN3O4S2. The Morgan fingerprint density at radius 2 is 1.30 bits per heavy atom. The molecule has 0 heterocycles. The molecule has 2 N–H and O–H groups in total. The third-order valence-corrected chi connectivity index (χ3v) is 7.49. The molecule has 4 aromatic carbocycles. The van der Waals surface area contributed by atoms with E-state index in [9.17, 15) is 16.8 Å². The van der Waals surface area contributed by atoms with Crippen LogP contribution >= 0.6 is 11.6 Å². The fraction of sp³-hybridized carbons (Fsp3) is 0. The van der Waals surface area contributed by atoms with Crippen LogP contribution in [-0.4, -0.2) is 22.7 Å². The summed E-state index contributed by atoms with van der Waals surface area (Å²) in [5.74, 6) is -0.185. The summed E-state index contributed by atoms with van der Waals surface area (Å²) in [6.45, 7) is 0. The van der Waals surface area contributed by atoms with E-state index >= 15 is 0 Å². The molecule has 0 aliphatic heterocycles. The number of sulfonamides is 2. The van der Waals surface area contributed by atoms with E-state index in [1.165, 1.54) is 36.4 Å². The maximum Gasteiger partial charge on any atom is 0.284 e. The number of rotatable bonds is 6. The minimum Gasteiger partial charge on any atom is -0.291 e.